The molecule has 8 nitrogen and oxygen atoms in total. The van der Waals surface area contributed by atoms with Crippen LogP contribution < -0.4 is 16.2 Å². The molecule has 30 heavy (non-hydrogen) atoms. The van der Waals surface area contributed by atoms with Gasteiger partial charge in [0.05, 0.1) is 22.5 Å². The molecule has 3 aromatic rings. The van der Waals surface area contributed by atoms with Crippen molar-refractivity contribution in [3.8, 4) is 11.5 Å². The molecule has 0 amide bonds. The van der Waals surface area contributed by atoms with E-state index in [4.69, 9.17) is 16.2 Å². The predicted molar refractivity (Wildman–Crippen MR) is 111 cm³/mol. The minimum atomic E-state index is -4.95. The summed E-state index contributed by atoms with van der Waals surface area (Å²) in [5.41, 5.74) is 10.6. The molecule has 0 heterocycles. The number of ether oxygens (including phenoxy) is 1. The molecule has 3 aromatic carbocycles. The summed E-state index contributed by atoms with van der Waals surface area (Å²) in [7, 11) is -4.95. The summed E-state index contributed by atoms with van der Waals surface area (Å²) in [6.07, 6.45) is 0. The van der Waals surface area contributed by atoms with E-state index < -0.39 is 43.7 Å². The van der Waals surface area contributed by atoms with Gasteiger partial charge in [-0.2, -0.15) is 8.42 Å². The second-order valence-electron chi connectivity index (χ2n) is 6.33. The summed E-state index contributed by atoms with van der Waals surface area (Å²) in [4.78, 5) is 25.1. The van der Waals surface area contributed by atoms with E-state index >= 15 is 0 Å². The molecule has 0 saturated carbocycles. The summed E-state index contributed by atoms with van der Waals surface area (Å²) in [5.74, 6) is -1.59. The van der Waals surface area contributed by atoms with Gasteiger partial charge in [-0.05, 0) is 12.1 Å². The number of anilines is 2. The summed E-state index contributed by atoms with van der Waals surface area (Å²) >= 11 is 0. The first-order valence-electron chi connectivity index (χ1n) is 8.35. The van der Waals surface area contributed by atoms with E-state index in [0.717, 1.165) is 0 Å². The molecular formula is C20H14N2NaO6S. The average Bonchev–Trinajstić information content (AvgIpc) is 2.68. The first-order valence-corrected chi connectivity index (χ1v) is 9.79. The standard InChI is InChI=1S/C20H14N2O6S.Na/c21-15-13-14(18(24)12-9-5-4-8-11(12)17(13)23)16(22)20(29(25,26)27)19(15)28-10-6-2-1-3-7-10;/h1-9H,21-22H2,(H,25,26,27);. The van der Waals surface area contributed by atoms with Crippen molar-refractivity contribution in [1.29, 1.82) is 0 Å². The fraction of sp³-hybridized carbons (Fsp3) is 0. The van der Waals surface area contributed by atoms with E-state index in [1.54, 1.807) is 30.3 Å². The second-order valence-corrected chi connectivity index (χ2v) is 7.69. The SMILES string of the molecule is Nc1c(Oc2ccccc2)c(S(=O)(=O)O)c(N)c2c1C(=O)c1ccccc1C2=O.[Na]. The molecule has 0 fully saturated rings. The molecule has 5 N–H and O–H groups in total. The third-order valence-corrected chi connectivity index (χ3v) is 5.50. The maximum absolute atomic E-state index is 13.0. The molecule has 0 atom stereocenters. The fourth-order valence-electron chi connectivity index (χ4n) is 3.32. The van der Waals surface area contributed by atoms with Crippen LogP contribution in [0.15, 0.2) is 59.5 Å². The number of hydrogen-bond donors (Lipinski definition) is 3. The van der Waals surface area contributed by atoms with Gasteiger partial charge in [0, 0.05) is 40.7 Å². The van der Waals surface area contributed by atoms with Crippen LogP contribution in [0.2, 0.25) is 0 Å². The number of carbonyl (C=O) groups excluding carboxylic acids is 2. The summed E-state index contributed by atoms with van der Waals surface area (Å²) in [6.45, 7) is 0. The van der Waals surface area contributed by atoms with Crippen LogP contribution >= 0.6 is 0 Å². The van der Waals surface area contributed by atoms with Crippen molar-refractivity contribution < 1.29 is 27.3 Å². The van der Waals surface area contributed by atoms with Gasteiger partial charge in [-0.3, -0.25) is 14.1 Å². The second kappa shape index (κ2) is 7.86. The molecule has 1 aliphatic carbocycles. The fourth-order valence-corrected chi connectivity index (χ4v) is 4.09. The Bertz CT molecular complexity index is 1310. The van der Waals surface area contributed by atoms with Crippen molar-refractivity contribution in [2.75, 3.05) is 11.5 Å². The zero-order valence-electron chi connectivity index (χ0n) is 15.7. The summed E-state index contributed by atoms with van der Waals surface area (Å²) in [5, 5.41) is 0. The molecule has 0 spiro atoms. The molecule has 1 radical (unpaired) electrons. The van der Waals surface area contributed by atoms with Gasteiger partial charge >= 0.3 is 0 Å². The monoisotopic (exact) mass is 433 g/mol. The van der Waals surface area contributed by atoms with Gasteiger partial charge in [0.1, 0.15) is 5.75 Å². The first-order chi connectivity index (χ1) is 13.7. The normalized spacial score (nSPS) is 12.6. The Hall–Kier alpha value is -2.69. The molecule has 0 saturated heterocycles. The largest absolute Gasteiger partial charge is 0.454 e. The van der Waals surface area contributed by atoms with Crippen LogP contribution in [0.1, 0.15) is 31.8 Å². The van der Waals surface area contributed by atoms with Gasteiger partial charge in [-0.25, -0.2) is 0 Å². The van der Waals surface area contributed by atoms with E-state index in [2.05, 4.69) is 0 Å². The number of para-hydroxylation sites is 1. The van der Waals surface area contributed by atoms with E-state index in [1.807, 2.05) is 0 Å². The van der Waals surface area contributed by atoms with E-state index in [9.17, 15) is 22.6 Å². The van der Waals surface area contributed by atoms with Crippen LogP contribution in [0, 0.1) is 0 Å². The van der Waals surface area contributed by atoms with Crippen molar-refractivity contribution >= 4 is 62.6 Å². The van der Waals surface area contributed by atoms with Crippen LogP contribution in [0.5, 0.6) is 11.5 Å². The first kappa shape index (κ1) is 22.0. The number of carbonyl (C=O) groups is 2. The van der Waals surface area contributed by atoms with Gasteiger partial charge in [0.15, 0.2) is 22.2 Å². The maximum Gasteiger partial charge on any atom is 0.300 e. The third kappa shape index (κ3) is 3.40. The van der Waals surface area contributed by atoms with Crippen molar-refractivity contribution in [3.05, 3.63) is 76.9 Å². The maximum atomic E-state index is 13.0. The molecule has 0 aromatic heterocycles. The summed E-state index contributed by atoms with van der Waals surface area (Å²) in [6, 6.07) is 14.0. The topological polar surface area (TPSA) is 150 Å². The quantitative estimate of drug-likeness (QED) is 0.253. The van der Waals surface area contributed by atoms with Gasteiger partial charge in [0.2, 0.25) is 0 Å². The smallest absolute Gasteiger partial charge is 0.300 e. The van der Waals surface area contributed by atoms with Gasteiger partial charge in [-0.15, -0.1) is 0 Å². The summed E-state index contributed by atoms with van der Waals surface area (Å²) < 4.78 is 39.5. The van der Waals surface area contributed by atoms with Crippen molar-refractivity contribution in [1.82, 2.24) is 0 Å². The van der Waals surface area contributed by atoms with Gasteiger partial charge in [0.25, 0.3) is 10.1 Å². The Morgan fingerprint density at radius 2 is 1.23 bits per heavy atom. The van der Waals surface area contributed by atoms with Crippen LogP contribution in [-0.2, 0) is 10.1 Å². The molecule has 10 heteroatoms. The van der Waals surface area contributed by atoms with Crippen LogP contribution in [0.25, 0.3) is 0 Å². The average molecular weight is 433 g/mol. The molecule has 1 aliphatic rings. The minimum absolute atomic E-state index is 0. The van der Waals surface area contributed by atoms with E-state index in [1.165, 1.54) is 24.3 Å². The molecule has 0 unspecified atom stereocenters. The van der Waals surface area contributed by atoms with Gasteiger partial charge < -0.3 is 16.2 Å². The number of nitrogens with two attached hydrogens (primary N) is 2. The Kier molecular flexibility index (Phi) is 5.76. The molecule has 0 bridgehead atoms. The van der Waals surface area contributed by atoms with Crippen LogP contribution in [0.3, 0.4) is 0 Å². The van der Waals surface area contributed by atoms with E-state index in [-0.39, 0.29) is 57.6 Å². The van der Waals surface area contributed by atoms with Gasteiger partial charge in [-0.1, -0.05) is 42.5 Å². The Morgan fingerprint density at radius 1 is 0.767 bits per heavy atom. The zero-order chi connectivity index (χ0) is 20.9. The molecule has 147 valence electrons. The van der Waals surface area contributed by atoms with E-state index in [0.29, 0.717) is 0 Å². The Morgan fingerprint density at radius 3 is 1.73 bits per heavy atom. The predicted octanol–water partition coefficient (Wildman–Crippen LogP) is 2.28. The Balaban J connectivity index is 0.00000256. The van der Waals surface area contributed by atoms with Crippen molar-refractivity contribution in [3.63, 3.8) is 0 Å². The minimum Gasteiger partial charge on any atom is -0.454 e. The number of rotatable bonds is 3. The molecule has 0 aliphatic heterocycles. The number of hydrogen-bond acceptors (Lipinski definition) is 7. The third-order valence-electron chi connectivity index (χ3n) is 4.58. The molecular weight excluding hydrogens is 419 g/mol. The Labute approximate surface area is 193 Å². The number of ketones is 2. The van der Waals surface area contributed by atoms with Crippen LogP contribution in [-0.4, -0.2) is 54.1 Å². The van der Waals surface area contributed by atoms with Crippen molar-refractivity contribution in [2.45, 2.75) is 4.90 Å². The van der Waals surface area contributed by atoms with Crippen molar-refractivity contribution in [2.24, 2.45) is 0 Å². The zero-order valence-corrected chi connectivity index (χ0v) is 18.6. The number of fused-ring (bicyclic) bond motifs is 2. The number of benzene rings is 3. The van der Waals surface area contributed by atoms with Crippen LogP contribution in [0.4, 0.5) is 11.4 Å². The molecule has 4 rings (SSSR count). The number of nitrogen functional groups attached to an aromatic ring is 2.